The maximum atomic E-state index is 6.07. The number of hydrogen-bond acceptors (Lipinski definition) is 3. The van der Waals surface area contributed by atoms with Crippen molar-refractivity contribution in [1.29, 1.82) is 0 Å². The molecule has 1 saturated carbocycles. The number of hydrogen-bond donors (Lipinski definition) is 1. The van der Waals surface area contributed by atoms with Crippen molar-refractivity contribution in [1.82, 2.24) is 4.98 Å². The SMILES string of the molecule is CCOc1cccnc1NCC1CCCCC1CCl. The first kappa shape index (κ1) is 14.4. The van der Waals surface area contributed by atoms with Gasteiger partial charge in [-0.15, -0.1) is 11.6 Å². The Morgan fingerprint density at radius 1 is 1.37 bits per heavy atom. The second kappa shape index (κ2) is 7.59. The van der Waals surface area contributed by atoms with E-state index in [-0.39, 0.29) is 0 Å². The number of rotatable bonds is 6. The van der Waals surface area contributed by atoms with E-state index in [0.29, 0.717) is 18.4 Å². The summed E-state index contributed by atoms with van der Waals surface area (Å²) in [4.78, 5) is 4.36. The lowest BCUT2D eigenvalue weighted by atomic mass is 9.80. The van der Waals surface area contributed by atoms with Crippen LogP contribution in [0.5, 0.6) is 5.75 Å². The van der Waals surface area contributed by atoms with E-state index in [4.69, 9.17) is 16.3 Å². The molecule has 1 aromatic heterocycles. The van der Waals surface area contributed by atoms with Gasteiger partial charge in [0, 0.05) is 18.6 Å². The predicted molar refractivity (Wildman–Crippen MR) is 80.1 cm³/mol. The quantitative estimate of drug-likeness (QED) is 0.803. The lowest BCUT2D eigenvalue weighted by Gasteiger charge is -2.30. The van der Waals surface area contributed by atoms with Crippen molar-refractivity contribution in [3.05, 3.63) is 18.3 Å². The molecule has 2 atom stereocenters. The Bertz CT molecular complexity index is 386. The number of nitrogens with zero attached hydrogens (tertiary/aromatic N) is 1. The Morgan fingerprint density at radius 3 is 2.89 bits per heavy atom. The van der Waals surface area contributed by atoms with Crippen LogP contribution in [0.3, 0.4) is 0 Å². The molecular formula is C15H23ClN2O. The minimum absolute atomic E-state index is 0.641. The van der Waals surface area contributed by atoms with Gasteiger partial charge in [0.25, 0.3) is 0 Å². The van der Waals surface area contributed by atoms with Crippen LogP contribution in [0.1, 0.15) is 32.6 Å². The highest BCUT2D eigenvalue weighted by atomic mass is 35.5. The summed E-state index contributed by atoms with van der Waals surface area (Å²) in [6.07, 6.45) is 6.96. The van der Waals surface area contributed by atoms with E-state index in [1.807, 2.05) is 19.1 Å². The van der Waals surface area contributed by atoms with Crippen molar-refractivity contribution < 1.29 is 4.74 Å². The van der Waals surface area contributed by atoms with Crippen LogP contribution in [-0.2, 0) is 0 Å². The van der Waals surface area contributed by atoms with E-state index in [1.54, 1.807) is 6.20 Å². The molecule has 3 nitrogen and oxygen atoms in total. The number of anilines is 1. The highest BCUT2D eigenvalue weighted by Crippen LogP contribution is 2.31. The normalized spacial score (nSPS) is 23.1. The highest BCUT2D eigenvalue weighted by molar-refractivity contribution is 6.18. The smallest absolute Gasteiger partial charge is 0.168 e. The highest BCUT2D eigenvalue weighted by Gasteiger charge is 2.24. The summed E-state index contributed by atoms with van der Waals surface area (Å²) >= 11 is 6.07. The number of ether oxygens (including phenoxy) is 1. The van der Waals surface area contributed by atoms with Gasteiger partial charge >= 0.3 is 0 Å². The van der Waals surface area contributed by atoms with E-state index < -0.39 is 0 Å². The minimum atomic E-state index is 0.641. The summed E-state index contributed by atoms with van der Waals surface area (Å²) in [5.41, 5.74) is 0. The van der Waals surface area contributed by atoms with Crippen molar-refractivity contribution in [3.63, 3.8) is 0 Å². The number of aromatic nitrogens is 1. The van der Waals surface area contributed by atoms with Gasteiger partial charge < -0.3 is 10.1 Å². The topological polar surface area (TPSA) is 34.1 Å². The number of pyridine rings is 1. The molecular weight excluding hydrogens is 260 g/mol. The van der Waals surface area contributed by atoms with Crippen LogP contribution in [0.15, 0.2) is 18.3 Å². The first-order chi connectivity index (χ1) is 9.35. The van der Waals surface area contributed by atoms with Crippen LogP contribution in [0, 0.1) is 11.8 Å². The molecule has 0 saturated heterocycles. The number of alkyl halides is 1. The molecule has 4 heteroatoms. The third kappa shape index (κ3) is 4.00. The predicted octanol–water partition coefficient (Wildman–Crippen LogP) is 3.94. The molecule has 1 fully saturated rings. The zero-order chi connectivity index (χ0) is 13.5. The van der Waals surface area contributed by atoms with Gasteiger partial charge in [0.05, 0.1) is 6.61 Å². The fourth-order valence-electron chi connectivity index (χ4n) is 2.78. The van der Waals surface area contributed by atoms with Crippen molar-refractivity contribution in [3.8, 4) is 5.75 Å². The first-order valence-electron chi connectivity index (χ1n) is 7.22. The summed E-state index contributed by atoms with van der Waals surface area (Å²) in [5, 5.41) is 3.44. The van der Waals surface area contributed by atoms with Crippen LogP contribution < -0.4 is 10.1 Å². The summed E-state index contributed by atoms with van der Waals surface area (Å²) in [6.45, 7) is 3.59. The Morgan fingerprint density at radius 2 is 2.16 bits per heavy atom. The zero-order valence-corrected chi connectivity index (χ0v) is 12.3. The van der Waals surface area contributed by atoms with E-state index in [0.717, 1.165) is 24.0 Å². The molecule has 19 heavy (non-hydrogen) atoms. The fourth-order valence-corrected chi connectivity index (χ4v) is 3.19. The number of halogens is 1. The Labute approximate surface area is 120 Å². The van der Waals surface area contributed by atoms with Crippen LogP contribution in [0.2, 0.25) is 0 Å². The van der Waals surface area contributed by atoms with Crippen LogP contribution in [0.25, 0.3) is 0 Å². The first-order valence-corrected chi connectivity index (χ1v) is 7.76. The van der Waals surface area contributed by atoms with Gasteiger partial charge in [-0.2, -0.15) is 0 Å². The van der Waals surface area contributed by atoms with Gasteiger partial charge in [0.2, 0.25) is 0 Å². The minimum Gasteiger partial charge on any atom is -0.490 e. The van der Waals surface area contributed by atoms with E-state index in [2.05, 4.69) is 10.3 Å². The summed E-state index contributed by atoms with van der Waals surface area (Å²) in [7, 11) is 0. The molecule has 106 valence electrons. The third-order valence-corrected chi connectivity index (χ3v) is 4.26. The van der Waals surface area contributed by atoms with Crippen LogP contribution >= 0.6 is 11.6 Å². The van der Waals surface area contributed by atoms with Crippen molar-refractivity contribution in [2.24, 2.45) is 11.8 Å². The van der Waals surface area contributed by atoms with Gasteiger partial charge in [-0.1, -0.05) is 12.8 Å². The van der Waals surface area contributed by atoms with Gasteiger partial charge in [0.15, 0.2) is 11.6 Å². The van der Waals surface area contributed by atoms with Gasteiger partial charge in [-0.05, 0) is 43.7 Å². The monoisotopic (exact) mass is 282 g/mol. The lowest BCUT2D eigenvalue weighted by molar-refractivity contribution is 0.271. The molecule has 0 aliphatic heterocycles. The standard InChI is InChI=1S/C15H23ClN2O/c1-2-19-14-8-5-9-17-15(14)18-11-13-7-4-3-6-12(13)10-16/h5,8-9,12-13H,2-4,6-7,10-11H2,1H3,(H,17,18). The molecule has 1 aromatic rings. The molecule has 2 unspecified atom stereocenters. The summed E-state index contributed by atoms with van der Waals surface area (Å²) < 4.78 is 5.58. The Kier molecular flexibility index (Phi) is 5.77. The molecule has 0 aromatic carbocycles. The lowest BCUT2D eigenvalue weighted by Crippen LogP contribution is -2.27. The fraction of sp³-hybridized carbons (Fsp3) is 0.667. The molecule has 1 aliphatic carbocycles. The molecule has 2 rings (SSSR count). The maximum absolute atomic E-state index is 6.07. The molecule has 1 aliphatic rings. The van der Waals surface area contributed by atoms with E-state index in [1.165, 1.54) is 25.7 Å². The maximum Gasteiger partial charge on any atom is 0.168 e. The van der Waals surface area contributed by atoms with E-state index >= 15 is 0 Å². The van der Waals surface area contributed by atoms with Gasteiger partial charge in [0.1, 0.15) is 0 Å². The second-order valence-corrected chi connectivity index (χ2v) is 5.43. The molecule has 1 N–H and O–H groups in total. The molecule has 0 spiro atoms. The zero-order valence-electron chi connectivity index (χ0n) is 11.6. The van der Waals surface area contributed by atoms with Crippen LogP contribution in [-0.4, -0.2) is 24.0 Å². The molecule has 0 amide bonds. The van der Waals surface area contributed by atoms with E-state index in [9.17, 15) is 0 Å². The van der Waals surface area contributed by atoms with Gasteiger partial charge in [-0.3, -0.25) is 0 Å². The summed E-state index contributed by atoms with van der Waals surface area (Å²) in [6, 6.07) is 3.86. The van der Waals surface area contributed by atoms with Crippen LogP contribution in [0.4, 0.5) is 5.82 Å². The Balaban J connectivity index is 1.93. The molecule has 1 heterocycles. The number of nitrogens with one attached hydrogen (secondary N) is 1. The Hall–Kier alpha value is -0.960. The van der Waals surface area contributed by atoms with Gasteiger partial charge in [-0.25, -0.2) is 4.98 Å². The average Bonchev–Trinajstić information content (AvgIpc) is 2.47. The van der Waals surface area contributed by atoms with Crippen molar-refractivity contribution in [2.45, 2.75) is 32.6 Å². The third-order valence-electron chi connectivity index (χ3n) is 3.87. The average molecular weight is 283 g/mol. The second-order valence-electron chi connectivity index (χ2n) is 5.12. The molecule has 0 radical (unpaired) electrons. The molecule has 0 bridgehead atoms. The summed E-state index contributed by atoms with van der Waals surface area (Å²) in [5.74, 6) is 3.75. The largest absolute Gasteiger partial charge is 0.490 e. The van der Waals surface area contributed by atoms with Crippen molar-refractivity contribution in [2.75, 3.05) is 24.3 Å². The van der Waals surface area contributed by atoms with Crippen molar-refractivity contribution >= 4 is 17.4 Å².